The first-order valence-corrected chi connectivity index (χ1v) is 5.85. The first kappa shape index (κ1) is 10.2. The second-order valence-electron chi connectivity index (χ2n) is 4.52. The van der Waals surface area contributed by atoms with Crippen LogP contribution in [0.3, 0.4) is 0 Å². The maximum Gasteiger partial charge on any atom is 0.166 e. The van der Waals surface area contributed by atoms with Gasteiger partial charge in [-0.1, -0.05) is 31.2 Å². The molecular weight excluding hydrogens is 210 g/mol. The zero-order valence-corrected chi connectivity index (χ0v) is 9.68. The lowest BCUT2D eigenvalue weighted by molar-refractivity contribution is 0.0947. The summed E-state index contributed by atoms with van der Waals surface area (Å²) in [6.45, 7) is 1.99. The van der Waals surface area contributed by atoms with Gasteiger partial charge >= 0.3 is 0 Å². The van der Waals surface area contributed by atoms with Gasteiger partial charge < -0.3 is 0 Å². The fraction of sp³-hybridized carbons (Fsp3) is 0.200. The normalized spacial score (nSPS) is 18.2. The molecule has 0 aliphatic heterocycles. The van der Waals surface area contributed by atoms with Gasteiger partial charge in [-0.2, -0.15) is 0 Å². The maximum absolute atomic E-state index is 12.2. The lowest BCUT2D eigenvalue weighted by Crippen LogP contribution is -2.04. The lowest BCUT2D eigenvalue weighted by atomic mass is 9.99. The number of carbonyl (C=O) groups is 1. The molecule has 3 rings (SSSR count). The van der Waals surface area contributed by atoms with E-state index in [-0.39, 0.29) is 11.7 Å². The van der Waals surface area contributed by atoms with Crippen molar-refractivity contribution in [3.05, 3.63) is 53.7 Å². The monoisotopic (exact) mass is 223 g/mol. The fourth-order valence-corrected chi connectivity index (χ4v) is 2.47. The highest BCUT2D eigenvalue weighted by Crippen LogP contribution is 2.33. The van der Waals surface area contributed by atoms with Crippen LogP contribution < -0.4 is 0 Å². The van der Waals surface area contributed by atoms with E-state index in [0.717, 1.165) is 28.8 Å². The predicted octanol–water partition coefficient (Wildman–Crippen LogP) is 3.12. The molecule has 1 aliphatic rings. The number of benzene rings is 1. The quantitative estimate of drug-likeness (QED) is 0.743. The number of aromatic nitrogens is 1. The summed E-state index contributed by atoms with van der Waals surface area (Å²) in [4.78, 5) is 16.5. The topological polar surface area (TPSA) is 30.0 Å². The largest absolute Gasteiger partial charge is 0.294 e. The third-order valence-corrected chi connectivity index (χ3v) is 3.31. The Balaban J connectivity index is 2.21. The predicted molar refractivity (Wildman–Crippen MR) is 66.9 cm³/mol. The third kappa shape index (κ3) is 1.57. The van der Waals surface area contributed by atoms with E-state index in [2.05, 4.69) is 4.98 Å². The summed E-state index contributed by atoms with van der Waals surface area (Å²) in [6.07, 6.45) is 2.62. The molecule has 1 aromatic carbocycles. The number of Topliss-reactive ketones (excluding diaryl/α,β-unsaturated/α-hetero) is 1. The smallest absolute Gasteiger partial charge is 0.166 e. The van der Waals surface area contributed by atoms with E-state index in [1.54, 1.807) is 6.20 Å². The Labute approximate surface area is 100 Å². The van der Waals surface area contributed by atoms with Crippen molar-refractivity contribution >= 4 is 5.78 Å². The molecule has 0 radical (unpaired) electrons. The standard InChI is InChI=1S/C15H13NO/c1-10-9-11-5-4-6-12(14(11)15(10)17)13-7-2-3-8-16-13/h2-8,10H,9H2,1H3. The molecule has 1 unspecified atom stereocenters. The Hall–Kier alpha value is -1.96. The van der Waals surface area contributed by atoms with Gasteiger partial charge in [0, 0.05) is 23.2 Å². The molecule has 0 saturated heterocycles. The summed E-state index contributed by atoms with van der Waals surface area (Å²) in [5.74, 6) is 0.358. The van der Waals surface area contributed by atoms with Crippen molar-refractivity contribution in [2.45, 2.75) is 13.3 Å². The van der Waals surface area contributed by atoms with E-state index in [0.29, 0.717) is 0 Å². The average Bonchev–Trinajstić information content (AvgIpc) is 2.66. The SMILES string of the molecule is CC1Cc2cccc(-c3ccccn3)c2C1=O. The van der Waals surface area contributed by atoms with E-state index in [9.17, 15) is 4.79 Å². The van der Waals surface area contributed by atoms with E-state index in [1.807, 2.05) is 43.3 Å². The number of rotatable bonds is 1. The molecular formula is C15H13NO. The van der Waals surface area contributed by atoms with Crippen LogP contribution in [0.25, 0.3) is 11.3 Å². The minimum Gasteiger partial charge on any atom is -0.294 e. The van der Waals surface area contributed by atoms with E-state index in [1.165, 1.54) is 0 Å². The van der Waals surface area contributed by atoms with Crippen LogP contribution in [0.4, 0.5) is 0 Å². The van der Waals surface area contributed by atoms with Gasteiger partial charge in [-0.15, -0.1) is 0 Å². The molecule has 0 fully saturated rings. The second-order valence-corrected chi connectivity index (χ2v) is 4.52. The van der Waals surface area contributed by atoms with Gasteiger partial charge in [0.15, 0.2) is 5.78 Å². The van der Waals surface area contributed by atoms with Gasteiger partial charge in [-0.25, -0.2) is 0 Å². The Morgan fingerprint density at radius 3 is 2.82 bits per heavy atom. The Bertz CT molecular complexity index is 575. The number of fused-ring (bicyclic) bond motifs is 1. The number of ketones is 1. The molecule has 2 nitrogen and oxygen atoms in total. The Morgan fingerprint density at radius 2 is 2.06 bits per heavy atom. The molecule has 0 bridgehead atoms. The highest BCUT2D eigenvalue weighted by Gasteiger charge is 2.29. The summed E-state index contributed by atoms with van der Waals surface area (Å²) in [5, 5.41) is 0. The number of nitrogens with zero attached hydrogens (tertiary/aromatic N) is 1. The first-order chi connectivity index (χ1) is 8.27. The molecule has 17 heavy (non-hydrogen) atoms. The zero-order chi connectivity index (χ0) is 11.8. The Morgan fingerprint density at radius 1 is 1.18 bits per heavy atom. The van der Waals surface area contributed by atoms with Crippen LogP contribution in [0.2, 0.25) is 0 Å². The van der Waals surface area contributed by atoms with Crippen molar-refractivity contribution < 1.29 is 4.79 Å². The molecule has 0 spiro atoms. The van der Waals surface area contributed by atoms with Crippen LogP contribution in [-0.2, 0) is 6.42 Å². The van der Waals surface area contributed by atoms with Crippen molar-refractivity contribution in [3.63, 3.8) is 0 Å². The molecule has 1 heterocycles. The first-order valence-electron chi connectivity index (χ1n) is 5.85. The van der Waals surface area contributed by atoms with Gasteiger partial charge in [0.05, 0.1) is 5.69 Å². The van der Waals surface area contributed by atoms with Gasteiger partial charge in [0.2, 0.25) is 0 Å². The summed E-state index contributed by atoms with van der Waals surface area (Å²) < 4.78 is 0. The summed E-state index contributed by atoms with van der Waals surface area (Å²) in [5.41, 5.74) is 3.88. The van der Waals surface area contributed by atoms with Gasteiger partial charge in [-0.05, 0) is 24.1 Å². The molecule has 84 valence electrons. The van der Waals surface area contributed by atoms with Crippen LogP contribution in [-0.4, -0.2) is 10.8 Å². The van der Waals surface area contributed by atoms with Crippen molar-refractivity contribution in [3.8, 4) is 11.3 Å². The highest BCUT2D eigenvalue weighted by molar-refractivity contribution is 6.07. The molecule has 1 atom stereocenters. The van der Waals surface area contributed by atoms with Crippen LogP contribution in [0, 0.1) is 5.92 Å². The summed E-state index contributed by atoms with van der Waals surface area (Å²) in [7, 11) is 0. The summed E-state index contributed by atoms with van der Waals surface area (Å²) in [6, 6.07) is 11.8. The van der Waals surface area contributed by atoms with Crippen molar-refractivity contribution in [2.75, 3.05) is 0 Å². The second kappa shape index (κ2) is 3.81. The van der Waals surface area contributed by atoms with Crippen LogP contribution in [0.15, 0.2) is 42.6 Å². The molecule has 1 aliphatic carbocycles. The van der Waals surface area contributed by atoms with Crippen LogP contribution >= 0.6 is 0 Å². The minimum absolute atomic E-state index is 0.106. The third-order valence-electron chi connectivity index (χ3n) is 3.31. The lowest BCUT2D eigenvalue weighted by Gasteiger charge is -2.06. The van der Waals surface area contributed by atoms with Crippen LogP contribution in [0.5, 0.6) is 0 Å². The zero-order valence-electron chi connectivity index (χ0n) is 9.68. The number of hydrogen-bond donors (Lipinski definition) is 0. The van der Waals surface area contributed by atoms with E-state index >= 15 is 0 Å². The molecule has 0 amide bonds. The van der Waals surface area contributed by atoms with Gasteiger partial charge in [0.1, 0.15) is 0 Å². The van der Waals surface area contributed by atoms with Gasteiger partial charge in [0.25, 0.3) is 0 Å². The molecule has 2 heteroatoms. The van der Waals surface area contributed by atoms with Crippen molar-refractivity contribution in [2.24, 2.45) is 5.92 Å². The molecule has 2 aromatic rings. The number of pyridine rings is 1. The summed E-state index contributed by atoms with van der Waals surface area (Å²) >= 11 is 0. The number of hydrogen-bond acceptors (Lipinski definition) is 2. The fourth-order valence-electron chi connectivity index (χ4n) is 2.47. The average molecular weight is 223 g/mol. The van der Waals surface area contributed by atoms with E-state index < -0.39 is 0 Å². The van der Waals surface area contributed by atoms with Crippen molar-refractivity contribution in [1.29, 1.82) is 0 Å². The molecule has 0 saturated carbocycles. The van der Waals surface area contributed by atoms with Crippen molar-refractivity contribution in [1.82, 2.24) is 4.98 Å². The number of carbonyl (C=O) groups excluding carboxylic acids is 1. The molecule has 1 aromatic heterocycles. The highest BCUT2D eigenvalue weighted by atomic mass is 16.1. The Kier molecular flexibility index (Phi) is 2.29. The van der Waals surface area contributed by atoms with E-state index in [4.69, 9.17) is 0 Å². The van der Waals surface area contributed by atoms with Crippen LogP contribution in [0.1, 0.15) is 22.8 Å². The van der Waals surface area contributed by atoms with Gasteiger partial charge in [-0.3, -0.25) is 9.78 Å². The minimum atomic E-state index is 0.106. The molecule has 0 N–H and O–H groups in total. The maximum atomic E-state index is 12.2.